The van der Waals surface area contributed by atoms with Gasteiger partial charge in [0.2, 0.25) is 35.5 Å². The molecular weight excluding hydrogens is 1780 g/mol. The van der Waals surface area contributed by atoms with E-state index in [9.17, 15) is 44.6 Å². The lowest BCUT2D eigenvalue weighted by molar-refractivity contribution is -0.128. The maximum Gasteiger partial charge on any atom is 0.357 e. The van der Waals surface area contributed by atoms with Crippen molar-refractivity contribution in [3.8, 4) is 29.5 Å². The van der Waals surface area contributed by atoms with Gasteiger partial charge < -0.3 is 30.2 Å². The van der Waals surface area contributed by atoms with Crippen LogP contribution in [-0.2, 0) is 46.6 Å². The second kappa shape index (κ2) is 33.6. The summed E-state index contributed by atoms with van der Waals surface area (Å²) < 4.78 is 5.65. The third kappa shape index (κ3) is 13.9. The van der Waals surface area contributed by atoms with Crippen LogP contribution in [-0.4, -0.2) is 116 Å². The normalized spacial score (nSPS) is 23.8. The number of anilines is 4. The van der Waals surface area contributed by atoms with Crippen LogP contribution >= 0.6 is 38.6 Å². The van der Waals surface area contributed by atoms with Gasteiger partial charge in [0, 0.05) is 110 Å². The number of nitrogens with one attached hydrogen (secondary N) is 6. The van der Waals surface area contributed by atoms with Crippen molar-refractivity contribution in [2.24, 2.45) is 21.7 Å². The van der Waals surface area contributed by atoms with E-state index in [1.807, 2.05) is 191 Å². The first kappa shape index (κ1) is 86.8. The van der Waals surface area contributed by atoms with Gasteiger partial charge in [0.1, 0.15) is 26.5 Å². The minimum atomic E-state index is -1.01. The standard InChI is InChI=1S/C29H23N5O.C28H22BrN5O.C24H21N5O2S.C24H20N4O3S/c1-29(13-22-19-9-11-31-15-24(19)26(29)21-10-12-30-14-23(21)22)27(35)34-28-32-16-25(33-28)20-8-4-6-17-5-2-3-7-18(17)20;1-27(25(35)34-26-32-21(24(29)33-26)14-17-8-3-2-4-9-17)15-28(16-30)20-12-6-5-10-18(20)22(27)19-11-7-13-31-23(19)28;1-23(21(31)28-22-27-17(11-32-22)20(30)29(2)3)12-24(13-25)16-9-5-4-7-14(16)18(23)15-8-6-10-26-19(15)24;1-3-31-20(29)17-11-32-22(27-17)28-21(30)23(2)12-24(13-25)16-9-5-4-7-14(16)18(23)15-8-6-10-26-19(15)24/h2-12,14-16,22,26H,13H2,1H3,(H2,32,33,34,35);2-13,22H,14-15H2,1H3,(H2,32,33,34,35);4-11,18H,12H2,1-3H3,(H,27,28,31);4-11,18H,3,12H2,1-2H3,(H,27,28,30). The zero-order chi connectivity index (χ0) is 93.0. The number of aromatic amines is 2. The highest BCUT2D eigenvalue weighted by Crippen LogP contribution is 2.68. The van der Waals surface area contributed by atoms with Crippen molar-refractivity contribution in [2.45, 2.75) is 113 Å². The number of carbonyl (C=O) groups excluding carboxylic acids is 6. The molecule has 0 saturated heterocycles. The Labute approximate surface area is 787 Å². The summed E-state index contributed by atoms with van der Waals surface area (Å²) in [5.74, 6) is -1.21. The van der Waals surface area contributed by atoms with E-state index in [2.05, 4.69) is 166 Å². The molecule has 29 heteroatoms. The fourth-order valence-corrected chi connectivity index (χ4v) is 24.3. The van der Waals surface area contributed by atoms with E-state index in [4.69, 9.17) is 4.74 Å². The Morgan fingerprint density at radius 3 is 1.46 bits per heavy atom. The number of carbonyl (C=O) groups is 6. The molecule has 0 fully saturated rings. The van der Waals surface area contributed by atoms with Gasteiger partial charge in [0.05, 0.1) is 81.1 Å². The topological polar surface area (TPSA) is 382 Å². The first-order valence-corrected chi connectivity index (χ1v) is 46.5. The van der Waals surface area contributed by atoms with Crippen LogP contribution in [0, 0.1) is 55.7 Å². The van der Waals surface area contributed by atoms with Crippen molar-refractivity contribution in [1.82, 2.24) is 59.7 Å². The molecule has 662 valence electrons. The fourth-order valence-electron chi connectivity index (χ4n) is 22.5. The number of pyridine rings is 5. The molecule has 8 bridgehead atoms. The molecule has 15 aromatic rings. The van der Waals surface area contributed by atoms with E-state index in [-0.39, 0.29) is 71.4 Å². The van der Waals surface area contributed by atoms with Gasteiger partial charge in [-0.3, -0.25) is 59.5 Å². The van der Waals surface area contributed by atoms with Crippen LogP contribution in [0.15, 0.2) is 259 Å². The number of benzene rings is 6. The summed E-state index contributed by atoms with van der Waals surface area (Å²) in [6.07, 6.45) is 16.8. The fraction of sp³-hybridized carbons (Fsp3) is 0.238. The molecule has 6 aromatic carbocycles. The highest BCUT2D eigenvalue weighted by atomic mass is 79.9. The monoisotopic (exact) mass is 1870 g/mol. The van der Waals surface area contributed by atoms with Crippen molar-refractivity contribution in [2.75, 3.05) is 42.0 Å². The van der Waals surface area contributed by atoms with Gasteiger partial charge >= 0.3 is 5.97 Å². The minimum Gasteiger partial charge on any atom is -0.461 e. The van der Waals surface area contributed by atoms with Crippen molar-refractivity contribution < 1.29 is 33.5 Å². The number of rotatable bonds is 14. The molecule has 134 heavy (non-hydrogen) atoms. The van der Waals surface area contributed by atoms with Crippen LogP contribution < -0.4 is 21.3 Å². The Balaban J connectivity index is 0.000000111. The zero-order valence-corrected chi connectivity index (χ0v) is 77.0. The predicted octanol–water partition coefficient (Wildman–Crippen LogP) is 18.7. The van der Waals surface area contributed by atoms with Gasteiger partial charge in [-0.15, -0.1) is 22.7 Å². The van der Waals surface area contributed by atoms with Gasteiger partial charge in [-0.1, -0.05) is 164 Å². The largest absolute Gasteiger partial charge is 0.461 e. The Morgan fingerprint density at radius 2 is 0.918 bits per heavy atom. The lowest BCUT2D eigenvalue weighted by Gasteiger charge is -2.53. The summed E-state index contributed by atoms with van der Waals surface area (Å²) in [7, 11) is 3.31. The van der Waals surface area contributed by atoms with Gasteiger partial charge in [-0.2, -0.15) is 15.8 Å². The number of H-pyrrole nitrogens is 2. The van der Waals surface area contributed by atoms with E-state index >= 15 is 0 Å². The molecule has 6 N–H and O–H groups in total. The summed E-state index contributed by atoms with van der Waals surface area (Å²) in [5.41, 5.74) is 13.7. The molecule has 26 nitrogen and oxygen atoms in total. The third-order valence-corrected chi connectivity index (χ3v) is 30.5. The number of halogens is 1. The van der Waals surface area contributed by atoms with E-state index < -0.39 is 43.9 Å². The van der Waals surface area contributed by atoms with Gasteiger partial charge in [0.25, 0.3) is 5.91 Å². The molecule has 0 spiro atoms. The molecule has 9 aromatic heterocycles. The molecule has 0 radical (unpaired) electrons. The maximum atomic E-state index is 13.9. The lowest BCUT2D eigenvalue weighted by atomic mass is 9.48. The van der Waals surface area contributed by atoms with Crippen molar-refractivity contribution in [3.63, 3.8) is 0 Å². The van der Waals surface area contributed by atoms with Crippen LogP contribution in [0.25, 0.3) is 22.0 Å². The van der Waals surface area contributed by atoms with Crippen molar-refractivity contribution >= 4 is 107 Å². The number of amides is 5. The average Bonchev–Trinajstić information content (AvgIpc) is 0.829. The van der Waals surface area contributed by atoms with Gasteiger partial charge in [0.15, 0.2) is 16.0 Å². The molecule has 0 aliphatic heterocycles. The first-order valence-electron chi connectivity index (χ1n) is 44.0. The van der Waals surface area contributed by atoms with Crippen molar-refractivity contribution in [1.29, 1.82) is 15.8 Å². The van der Waals surface area contributed by atoms with E-state index in [1.54, 1.807) is 56.6 Å². The highest BCUT2D eigenvalue weighted by molar-refractivity contribution is 9.10. The smallest absolute Gasteiger partial charge is 0.357 e. The summed E-state index contributed by atoms with van der Waals surface area (Å²) in [6.45, 7) is 9.79. The predicted molar refractivity (Wildman–Crippen MR) is 510 cm³/mol. The van der Waals surface area contributed by atoms with Crippen molar-refractivity contribution in [3.05, 3.63) is 371 Å². The molecule has 27 rings (SSSR count). The lowest BCUT2D eigenvalue weighted by Crippen LogP contribution is -2.54. The number of nitriles is 3. The highest BCUT2D eigenvalue weighted by Gasteiger charge is 2.66. The number of ether oxygens (including phenoxy) is 1. The maximum absolute atomic E-state index is 13.9. The number of hydrogen-bond acceptors (Lipinski definition) is 21. The second-order valence-electron chi connectivity index (χ2n) is 36.3. The Kier molecular flexibility index (Phi) is 21.7. The summed E-state index contributed by atoms with van der Waals surface area (Å²) >= 11 is 5.91. The molecule has 5 amide bonds. The Hall–Kier alpha value is -15.2. The van der Waals surface area contributed by atoms with Crippen LogP contribution in [0.1, 0.15) is 212 Å². The number of hydrogen-bond donors (Lipinski definition) is 6. The van der Waals surface area contributed by atoms with E-state index in [0.717, 1.165) is 112 Å². The summed E-state index contributed by atoms with van der Waals surface area (Å²) in [5, 5.41) is 49.4. The molecule has 12 atom stereocenters. The number of esters is 1. The average molecular weight is 1870 g/mol. The minimum absolute atomic E-state index is 0.0386. The molecule has 9 heterocycles. The Bertz CT molecular complexity index is 7280. The number of aromatic nitrogens is 11. The van der Waals surface area contributed by atoms with E-state index in [0.29, 0.717) is 58.1 Å². The number of nitrogens with zero attached hydrogens (tertiary/aromatic N) is 13. The quantitative estimate of drug-likeness (QED) is 0.0551. The van der Waals surface area contributed by atoms with Gasteiger partial charge in [-0.05, 0) is 195 Å². The summed E-state index contributed by atoms with van der Waals surface area (Å²) in [6, 6.07) is 71.4. The molecule has 12 unspecified atom stereocenters. The third-order valence-electron chi connectivity index (χ3n) is 28.4. The molecule has 0 saturated carbocycles. The first-order chi connectivity index (χ1) is 64.8. The number of fused-ring (bicyclic) bond motifs is 5. The molecule has 12 aliphatic rings. The second-order valence-corrected chi connectivity index (χ2v) is 38.8. The molecule has 12 aliphatic carbocycles. The number of imidazole rings is 2. The van der Waals surface area contributed by atoms with E-state index in [1.165, 1.54) is 44.3 Å². The zero-order valence-electron chi connectivity index (χ0n) is 73.7. The number of thiazole rings is 2. The van der Waals surface area contributed by atoms with Crippen LogP contribution in [0.2, 0.25) is 0 Å². The Morgan fingerprint density at radius 1 is 0.463 bits per heavy atom. The van der Waals surface area contributed by atoms with Crippen LogP contribution in [0.4, 0.5) is 22.2 Å². The van der Waals surface area contributed by atoms with Crippen LogP contribution in [0.3, 0.4) is 0 Å². The van der Waals surface area contributed by atoms with Crippen LogP contribution in [0.5, 0.6) is 0 Å². The SMILES string of the molecule is CC1(C(=O)Nc2nc(Br)c(Cc3ccccc3)[nH]2)CC2(C#N)c3ccccc3C1c1cccnc12.CC1(C(=O)Nc2ncc(-c3cccc4ccccc34)[nH]2)CC2c3cnccc3C1c1cnccc12.CCOC(=O)c1csc(NC(=O)C2(C)CC3(C#N)c4ccccc4C2c2cccnc23)n1.CN(C)C(=O)c1csc(NC(=O)C2(C)CC3(C#N)c4ccccc4C2c2cccnc23)n1. The van der Waals surface area contributed by atoms with Gasteiger partial charge in [-0.25, -0.2) is 24.7 Å². The molecular formula is C105H86BrN19O7S2. The summed E-state index contributed by atoms with van der Waals surface area (Å²) in [4.78, 5) is 127.